The van der Waals surface area contributed by atoms with Crippen LogP contribution in [0.15, 0.2) is 96.1 Å². The van der Waals surface area contributed by atoms with Crippen LogP contribution >= 0.6 is 0 Å². The standard InChI is InChI=1S/C28H23N3O4/c1-19-7-2-4-10-23(19)27(33)29-18-26(32)31-30-17-20-13-15-22(16-14-20)35-28(34)25-12-6-9-21-8-3-5-11-24(21)25/h2-17H,18H2,1H3,(H,29,33)(H,31,32)/b30-17+. The van der Waals surface area contributed by atoms with Gasteiger partial charge in [0.05, 0.1) is 18.3 Å². The van der Waals surface area contributed by atoms with Crippen molar-refractivity contribution in [2.24, 2.45) is 5.10 Å². The first-order valence-corrected chi connectivity index (χ1v) is 11.0. The van der Waals surface area contributed by atoms with Gasteiger partial charge >= 0.3 is 5.97 Å². The number of fused-ring (bicyclic) bond motifs is 1. The molecule has 174 valence electrons. The van der Waals surface area contributed by atoms with Gasteiger partial charge in [0.25, 0.3) is 11.8 Å². The molecule has 0 aromatic heterocycles. The second-order valence-corrected chi connectivity index (χ2v) is 7.78. The van der Waals surface area contributed by atoms with Gasteiger partial charge in [0.1, 0.15) is 5.75 Å². The average molecular weight is 466 g/mol. The third-order valence-corrected chi connectivity index (χ3v) is 5.30. The van der Waals surface area contributed by atoms with Crippen LogP contribution < -0.4 is 15.5 Å². The van der Waals surface area contributed by atoms with E-state index in [4.69, 9.17) is 4.74 Å². The van der Waals surface area contributed by atoms with Crippen molar-refractivity contribution in [3.05, 3.63) is 113 Å². The van der Waals surface area contributed by atoms with E-state index in [2.05, 4.69) is 15.8 Å². The quantitative estimate of drug-likeness (QED) is 0.185. The Morgan fingerprint density at radius 3 is 2.31 bits per heavy atom. The SMILES string of the molecule is Cc1ccccc1C(=O)NCC(=O)N/N=C/c1ccc(OC(=O)c2cccc3ccccc23)cc1. The molecule has 0 saturated carbocycles. The Morgan fingerprint density at radius 1 is 0.829 bits per heavy atom. The fourth-order valence-corrected chi connectivity index (χ4v) is 3.49. The smallest absolute Gasteiger partial charge is 0.344 e. The highest BCUT2D eigenvalue weighted by molar-refractivity contribution is 6.05. The molecule has 0 saturated heterocycles. The Bertz CT molecular complexity index is 1410. The number of hydrogen-bond acceptors (Lipinski definition) is 5. The summed E-state index contributed by atoms with van der Waals surface area (Å²) in [5.74, 6) is -0.828. The topological polar surface area (TPSA) is 96.9 Å². The van der Waals surface area contributed by atoms with E-state index >= 15 is 0 Å². The summed E-state index contributed by atoms with van der Waals surface area (Å²) in [5.41, 5.74) is 4.90. The van der Waals surface area contributed by atoms with Gasteiger partial charge in [0, 0.05) is 5.56 Å². The van der Waals surface area contributed by atoms with Crippen LogP contribution in [0.3, 0.4) is 0 Å². The van der Waals surface area contributed by atoms with Crippen molar-refractivity contribution in [1.29, 1.82) is 0 Å². The zero-order valence-electron chi connectivity index (χ0n) is 19.0. The van der Waals surface area contributed by atoms with Crippen LogP contribution in [0.4, 0.5) is 0 Å². The summed E-state index contributed by atoms with van der Waals surface area (Å²) in [6.45, 7) is 1.63. The van der Waals surface area contributed by atoms with Gasteiger partial charge in [-0.1, -0.05) is 54.6 Å². The van der Waals surface area contributed by atoms with E-state index in [9.17, 15) is 14.4 Å². The maximum atomic E-state index is 12.7. The summed E-state index contributed by atoms with van der Waals surface area (Å²) >= 11 is 0. The summed E-state index contributed by atoms with van der Waals surface area (Å²) in [4.78, 5) is 36.8. The second-order valence-electron chi connectivity index (χ2n) is 7.78. The van der Waals surface area contributed by atoms with E-state index in [0.717, 1.165) is 16.3 Å². The lowest BCUT2D eigenvalue weighted by molar-refractivity contribution is -0.120. The molecule has 0 unspecified atom stereocenters. The molecule has 0 bridgehead atoms. The third-order valence-electron chi connectivity index (χ3n) is 5.30. The second kappa shape index (κ2) is 10.9. The lowest BCUT2D eigenvalue weighted by Gasteiger charge is -2.07. The van der Waals surface area contributed by atoms with Crippen LogP contribution in [-0.2, 0) is 4.79 Å². The first-order chi connectivity index (χ1) is 17.0. The number of carbonyl (C=O) groups is 3. The predicted octanol–water partition coefficient (Wildman–Crippen LogP) is 4.25. The Kier molecular flexibility index (Phi) is 7.28. The lowest BCUT2D eigenvalue weighted by Crippen LogP contribution is -2.35. The van der Waals surface area contributed by atoms with Crippen molar-refractivity contribution in [1.82, 2.24) is 10.7 Å². The van der Waals surface area contributed by atoms with Gasteiger partial charge in [-0.15, -0.1) is 0 Å². The highest BCUT2D eigenvalue weighted by Gasteiger charge is 2.12. The molecule has 0 heterocycles. The van der Waals surface area contributed by atoms with E-state index in [1.807, 2.05) is 55.5 Å². The van der Waals surface area contributed by atoms with Crippen molar-refractivity contribution in [2.75, 3.05) is 6.54 Å². The first-order valence-electron chi connectivity index (χ1n) is 11.0. The molecule has 4 rings (SSSR count). The van der Waals surface area contributed by atoms with Crippen molar-refractivity contribution in [3.8, 4) is 5.75 Å². The van der Waals surface area contributed by atoms with E-state index in [1.165, 1.54) is 6.21 Å². The number of aryl methyl sites for hydroxylation is 1. The third kappa shape index (κ3) is 5.97. The van der Waals surface area contributed by atoms with Gasteiger partial charge < -0.3 is 10.1 Å². The van der Waals surface area contributed by atoms with Gasteiger partial charge in [-0.3, -0.25) is 9.59 Å². The van der Waals surface area contributed by atoms with Crippen molar-refractivity contribution in [2.45, 2.75) is 6.92 Å². The minimum absolute atomic E-state index is 0.201. The molecule has 0 radical (unpaired) electrons. The zero-order valence-corrected chi connectivity index (χ0v) is 19.0. The number of hydrogen-bond donors (Lipinski definition) is 2. The van der Waals surface area contributed by atoms with Crippen LogP contribution in [0.5, 0.6) is 5.75 Å². The average Bonchev–Trinajstić information content (AvgIpc) is 2.88. The molecule has 0 aliphatic carbocycles. The zero-order chi connectivity index (χ0) is 24.6. The summed E-state index contributed by atoms with van der Waals surface area (Å²) in [6, 6.07) is 27.0. The van der Waals surface area contributed by atoms with Crippen molar-refractivity contribution < 1.29 is 19.1 Å². The molecule has 2 N–H and O–H groups in total. The predicted molar refractivity (Wildman–Crippen MR) is 135 cm³/mol. The fraction of sp³-hybridized carbons (Fsp3) is 0.0714. The monoisotopic (exact) mass is 465 g/mol. The summed E-state index contributed by atoms with van der Waals surface area (Å²) in [5, 5.41) is 8.26. The molecular weight excluding hydrogens is 442 g/mol. The molecule has 0 spiro atoms. The van der Waals surface area contributed by atoms with Gasteiger partial charge in [-0.25, -0.2) is 10.2 Å². The van der Waals surface area contributed by atoms with Crippen LogP contribution in [-0.4, -0.2) is 30.5 Å². The van der Waals surface area contributed by atoms with E-state index in [0.29, 0.717) is 22.4 Å². The van der Waals surface area contributed by atoms with Crippen LogP contribution in [0.1, 0.15) is 31.8 Å². The molecule has 4 aromatic rings. The van der Waals surface area contributed by atoms with Crippen LogP contribution in [0, 0.1) is 6.92 Å². The molecule has 35 heavy (non-hydrogen) atoms. The molecule has 2 amide bonds. The first kappa shape index (κ1) is 23.4. The molecule has 7 heteroatoms. The molecular formula is C28H23N3O4. The molecule has 0 fully saturated rings. The highest BCUT2D eigenvalue weighted by atomic mass is 16.5. The number of ether oxygens (including phenoxy) is 1. The number of benzene rings is 4. The van der Waals surface area contributed by atoms with Crippen molar-refractivity contribution >= 4 is 34.8 Å². The minimum Gasteiger partial charge on any atom is -0.423 e. The van der Waals surface area contributed by atoms with Crippen LogP contribution in [0.2, 0.25) is 0 Å². The van der Waals surface area contributed by atoms with Gasteiger partial charge in [0.2, 0.25) is 0 Å². The van der Waals surface area contributed by atoms with Gasteiger partial charge in [0.15, 0.2) is 0 Å². The number of nitrogens with zero attached hydrogens (tertiary/aromatic N) is 1. The highest BCUT2D eigenvalue weighted by Crippen LogP contribution is 2.21. The molecule has 7 nitrogen and oxygen atoms in total. The molecule has 0 aliphatic heterocycles. The molecule has 0 aliphatic rings. The number of carbonyl (C=O) groups excluding carboxylic acids is 3. The van der Waals surface area contributed by atoms with E-state index in [1.54, 1.807) is 42.5 Å². The fourth-order valence-electron chi connectivity index (χ4n) is 3.49. The number of rotatable bonds is 7. The number of esters is 1. The maximum absolute atomic E-state index is 12.7. The number of nitrogens with one attached hydrogen (secondary N) is 2. The Balaban J connectivity index is 1.28. The lowest BCUT2D eigenvalue weighted by atomic mass is 10.0. The normalized spacial score (nSPS) is 10.8. The van der Waals surface area contributed by atoms with Gasteiger partial charge in [-0.2, -0.15) is 5.10 Å². The van der Waals surface area contributed by atoms with Gasteiger partial charge in [-0.05, 0) is 65.2 Å². The summed E-state index contributed by atoms with van der Waals surface area (Å²) < 4.78 is 5.51. The summed E-state index contributed by atoms with van der Waals surface area (Å²) in [7, 11) is 0. The number of amides is 2. The molecule has 0 atom stereocenters. The largest absolute Gasteiger partial charge is 0.423 e. The van der Waals surface area contributed by atoms with Crippen LogP contribution in [0.25, 0.3) is 10.8 Å². The van der Waals surface area contributed by atoms with E-state index < -0.39 is 11.9 Å². The summed E-state index contributed by atoms with van der Waals surface area (Å²) in [6.07, 6.45) is 1.46. The van der Waals surface area contributed by atoms with Crippen molar-refractivity contribution in [3.63, 3.8) is 0 Å². The maximum Gasteiger partial charge on any atom is 0.344 e. The van der Waals surface area contributed by atoms with E-state index in [-0.39, 0.29) is 12.5 Å². The molecule has 4 aromatic carbocycles. The Morgan fingerprint density at radius 2 is 1.51 bits per heavy atom. The Hall–Kier alpha value is -4.78. The minimum atomic E-state index is -0.455. The Labute approximate surface area is 202 Å². The number of hydrazone groups is 1.